The number of nitrogens with one attached hydrogen (secondary N) is 1. The number of rotatable bonds is 4. The van der Waals surface area contributed by atoms with Gasteiger partial charge in [-0.05, 0) is 55.6 Å². The van der Waals surface area contributed by atoms with E-state index in [4.69, 9.17) is 11.6 Å². The second-order valence-electron chi connectivity index (χ2n) is 5.81. The van der Waals surface area contributed by atoms with Crippen LogP contribution in [0, 0.1) is 0 Å². The molecule has 0 atom stereocenters. The molecular formula is C19H21Cl2NOS. The molecule has 0 bridgehead atoms. The molecule has 1 heterocycles. The van der Waals surface area contributed by atoms with E-state index in [1.165, 1.54) is 21.6 Å². The highest BCUT2D eigenvalue weighted by Crippen LogP contribution is 2.36. The summed E-state index contributed by atoms with van der Waals surface area (Å²) in [5.41, 5.74) is 4.78. The predicted octanol–water partition coefficient (Wildman–Crippen LogP) is 4.94. The maximum absolute atomic E-state index is 11.3. The van der Waals surface area contributed by atoms with Crippen molar-refractivity contribution in [1.82, 2.24) is 5.32 Å². The summed E-state index contributed by atoms with van der Waals surface area (Å²) in [4.78, 5) is 12.6. The van der Waals surface area contributed by atoms with E-state index in [1.807, 2.05) is 30.3 Å². The Hall–Kier alpha value is -1.00. The van der Waals surface area contributed by atoms with Crippen LogP contribution in [-0.2, 0) is 18.6 Å². The van der Waals surface area contributed by atoms with Crippen LogP contribution in [0.2, 0.25) is 5.02 Å². The third-order valence-electron chi connectivity index (χ3n) is 4.18. The number of fused-ring (bicyclic) bond motifs is 1. The van der Waals surface area contributed by atoms with Crippen LogP contribution in [0.15, 0.2) is 41.3 Å². The molecule has 0 aromatic heterocycles. The Balaban J connectivity index is 0.00000208. The topological polar surface area (TPSA) is 29.1 Å². The SMILES string of the molecule is CC(=O)c1ccc(CSc2c(Cl)ccc3c2CCNCC3)cc1.Cl. The van der Waals surface area contributed by atoms with Crippen molar-refractivity contribution < 1.29 is 4.79 Å². The predicted molar refractivity (Wildman–Crippen MR) is 105 cm³/mol. The van der Waals surface area contributed by atoms with Crippen LogP contribution in [0.5, 0.6) is 0 Å². The average molecular weight is 382 g/mol. The zero-order valence-electron chi connectivity index (χ0n) is 13.6. The van der Waals surface area contributed by atoms with E-state index in [-0.39, 0.29) is 18.2 Å². The van der Waals surface area contributed by atoms with Gasteiger partial charge in [-0.2, -0.15) is 0 Å². The van der Waals surface area contributed by atoms with Crippen molar-refractivity contribution in [2.45, 2.75) is 30.4 Å². The number of benzene rings is 2. The quantitative estimate of drug-likeness (QED) is 0.600. The van der Waals surface area contributed by atoms with Gasteiger partial charge in [-0.15, -0.1) is 24.2 Å². The van der Waals surface area contributed by atoms with E-state index in [0.29, 0.717) is 0 Å². The monoisotopic (exact) mass is 381 g/mol. The molecule has 0 saturated heterocycles. The molecule has 3 rings (SSSR count). The summed E-state index contributed by atoms with van der Waals surface area (Å²) in [5, 5.41) is 4.29. The smallest absolute Gasteiger partial charge is 0.159 e. The van der Waals surface area contributed by atoms with Crippen molar-refractivity contribution >= 4 is 41.6 Å². The van der Waals surface area contributed by atoms with Gasteiger partial charge in [0.2, 0.25) is 0 Å². The lowest BCUT2D eigenvalue weighted by atomic mass is 10.0. The van der Waals surface area contributed by atoms with E-state index >= 15 is 0 Å². The van der Waals surface area contributed by atoms with Crippen molar-refractivity contribution in [2.24, 2.45) is 0 Å². The standard InChI is InChI=1S/C19H20ClNOS.ClH/c1-13(22)15-4-2-14(3-5-15)12-23-19-17-9-11-21-10-8-16(17)6-7-18(19)20;/h2-7,21H,8-12H2,1H3;1H. The van der Waals surface area contributed by atoms with Crippen LogP contribution in [0.25, 0.3) is 0 Å². The Bertz CT molecular complexity index is 716. The zero-order chi connectivity index (χ0) is 16.2. The Morgan fingerprint density at radius 1 is 1.12 bits per heavy atom. The fraction of sp³-hybridized carbons (Fsp3) is 0.316. The summed E-state index contributed by atoms with van der Waals surface area (Å²) >= 11 is 8.26. The van der Waals surface area contributed by atoms with Crippen LogP contribution in [0.4, 0.5) is 0 Å². The molecule has 0 aliphatic carbocycles. The molecule has 5 heteroatoms. The van der Waals surface area contributed by atoms with Gasteiger partial charge in [-0.3, -0.25) is 4.79 Å². The Morgan fingerprint density at radius 2 is 1.83 bits per heavy atom. The molecule has 2 aromatic carbocycles. The highest BCUT2D eigenvalue weighted by Gasteiger charge is 2.15. The maximum Gasteiger partial charge on any atom is 0.159 e. The van der Waals surface area contributed by atoms with E-state index in [1.54, 1.807) is 18.7 Å². The fourth-order valence-corrected chi connectivity index (χ4v) is 4.31. The second-order valence-corrected chi connectivity index (χ2v) is 7.20. The van der Waals surface area contributed by atoms with Crippen LogP contribution < -0.4 is 5.32 Å². The van der Waals surface area contributed by atoms with Gasteiger partial charge >= 0.3 is 0 Å². The van der Waals surface area contributed by atoms with Crippen LogP contribution >= 0.6 is 35.8 Å². The molecule has 2 aromatic rings. The van der Waals surface area contributed by atoms with Gasteiger partial charge in [-0.25, -0.2) is 0 Å². The van der Waals surface area contributed by atoms with Gasteiger partial charge in [0.15, 0.2) is 5.78 Å². The molecule has 2 nitrogen and oxygen atoms in total. The van der Waals surface area contributed by atoms with Crippen LogP contribution in [-0.4, -0.2) is 18.9 Å². The van der Waals surface area contributed by atoms with Crippen LogP contribution in [0.1, 0.15) is 34.0 Å². The minimum absolute atomic E-state index is 0. The number of ketones is 1. The summed E-state index contributed by atoms with van der Waals surface area (Å²) in [5.74, 6) is 0.968. The van der Waals surface area contributed by atoms with Gasteiger partial charge in [0.1, 0.15) is 0 Å². The average Bonchev–Trinajstić information content (AvgIpc) is 2.80. The lowest BCUT2D eigenvalue weighted by Gasteiger charge is -2.14. The third kappa shape index (κ3) is 4.54. The largest absolute Gasteiger partial charge is 0.316 e. The summed E-state index contributed by atoms with van der Waals surface area (Å²) < 4.78 is 0. The Kier molecular flexibility index (Phi) is 7.17. The first-order valence-corrected chi connectivity index (χ1v) is 9.25. The van der Waals surface area contributed by atoms with Crippen molar-refractivity contribution in [3.8, 4) is 0 Å². The van der Waals surface area contributed by atoms with Crippen molar-refractivity contribution in [3.05, 3.63) is 63.7 Å². The molecule has 1 aliphatic rings. The Labute approximate surface area is 158 Å². The maximum atomic E-state index is 11.3. The van der Waals surface area contributed by atoms with Gasteiger partial charge < -0.3 is 5.32 Å². The fourth-order valence-electron chi connectivity index (χ4n) is 2.86. The molecule has 0 fully saturated rings. The van der Waals surface area contributed by atoms with E-state index < -0.39 is 0 Å². The Morgan fingerprint density at radius 3 is 2.54 bits per heavy atom. The molecular weight excluding hydrogens is 361 g/mol. The van der Waals surface area contributed by atoms with E-state index in [0.717, 1.165) is 42.3 Å². The third-order valence-corrected chi connectivity index (χ3v) is 5.84. The molecule has 0 unspecified atom stereocenters. The summed E-state index contributed by atoms with van der Waals surface area (Å²) in [6.45, 7) is 3.64. The normalized spacial score (nSPS) is 13.6. The molecule has 0 radical (unpaired) electrons. The van der Waals surface area contributed by atoms with E-state index in [9.17, 15) is 4.79 Å². The number of Topliss-reactive ketones (excluding diaryl/α,β-unsaturated/α-hetero) is 1. The molecule has 24 heavy (non-hydrogen) atoms. The first-order valence-electron chi connectivity index (χ1n) is 7.89. The number of thioether (sulfide) groups is 1. The molecule has 0 spiro atoms. The number of hydrogen-bond acceptors (Lipinski definition) is 3. The van der Waals surface area contributed by atoms with E-state index in [2.05, 4.69) is 11.4 Å². The summed E-state index contributed by atoms with van der Waals surface area (Å²) in [7, 11) is 0. The van der Waals surface area contributed by atoms with Gasteiger partial charge in [-0.1, -0.05) is 41.9 Å². The molecule has 0 amide bonds. The lowest BCUT2D eigenvalue weighted by Crippen LogP contribution is -2.16. The summed E-state index contributed by atoms with van der Waals surface area (Å²) in [6, 6.07) is 12.0. The minimum Gasteiger partial charge on any atom is -0.316 e. The second kappa shape index (κ2) is 8.91. The minimum atomic E-state index is 0. The summed E-state index contributed by atoms with van der Waals surface area (Å²) in [6.07, 6.45) is 2.09. The molecule has 1 N–H and O–H groups in total. The highest BCUT2D eigenvalue weighted by atomic mass is 35.5. The molecule has 0 saturated carbocycles. The van der Waals surface area contributed by atoms with Gasteiger partial charge in [0, 0.05) is 16.2 Å². The van der Waals surface area contributed by atoms with Gasteiger partial charge in [0.25, 0.3) is 0 Å². The number of carbonyl (C=O) groups excluding carboxylic acids is 1. The highest BCUT2D eigenvalue weighted by molar-refractivity contribution is 7.98. The van der Waals surface area contributed by atoms with Crippen molar-refractivity contribution in [3.63, 3.8) is 0 Å². The number of hydrogen-bond donors (Lipinski definition) is 1. The first-order chi connectivity index (χ1) is 11.1. The van der Waals surface area contributed by atoms with Gasteiger partial charge in [0.05, 0.1) is 5.02 Å². The number of halogens is 2. The van der Waals surface area contributed by atoms with Crippen LogP contribution in [0.3, 0.4) is 0 Å². The zero-order valence-corrected chi connectivity index (χ0v) is 16.0. The molecule has 128 valence electrons. The van der Waals surface area contributed by atoms with Crippen molar-refractivity contribution in [2.75, 3.05) is 13.1 Å². The number of carbonyl (C=O) groups is 1. The molecule has 1 aliphatic heterocycles. The lowest BCUT2D eigenvalue weighted by molar-refractivity contribution is 0.101. The first kappa shape index (κ1) is 19.3. The van der Waals surface area contributed by atoms with Crippen molar-refractivity contribution in [1.29, 1.82) is 0 Å².